The van der Waals surface area contributed by atoms with E-state index in [0.717, 1.165) is 6.07 Å². The van der Waals surface area contributed by atoms with E-state index in [1.807, 2.05) is 0 Å². The first-order chi connectivity index (χ1) is 12.6. The van der Waals surface area contributed by atoms with Crippen LogP contribution in [0.2, 0.25) is 0 Å². The number of alkyl halides is 3. The summed E-state index contributed by atoms with van der Waals surface area (Å²) < 4.78 is 51.9. The number of halogens is 4. The van der Waals surface area contributed by atoms with Gasteiger partial charge in [0.05, 0.1) is 5.69 Å². The number of amides is 2. The molecule has 1 aliphatic rings. The molecule has 0 spiro atoms. The van der Waals surface area contributed by atoms with Gasteiger partial charge in [-0.2, -0.15) is 13.2 Å². The van der Waals surface area contributed by atoms with E-state index in [4.69, 9.17) is 5.73 Å². The van der Waals surface area contributed by atoms with Gasteiger partial charge in [0.25, 0.3) is 0 Å². The number of nitrogens with two attached hydrogens (primary N) is 1. The highest BCUT2D eigenvalue weighted by atomic mass is 19.4. The number of nitrogens with one attached hydrogen (secondary N) is 1. The number of allylic oxidation sites excluding steroid dienone is 2. The number of anilines is 1. The lowest BCUT2D eigenvalue weighted by atomic mass is 9.89. The molecule has 27 heavy (non-hydrogen) atoms. The van der Waals surface area contributed by atoms with Crippen molar-refractivity contribution in [2.45, 2.75) is 6.18 Å². The summed E-state index contributed by atoms with van der Waals surface area (Å²) in [6, 6.07) is 5.35. The van der Waals surface area contributed by atoms with Crippen molar-refractivity contribution < 1.29 is 27.2 Å². The molecule has 3 N–H and O–H groups in total. The van der Waals surface area contributed by atoms with Gasteiger partial charge in [0.15, 0.2) is 0 Å². The number of carbonyl (C=O) groups is 2. The minimum Gasteiger partial charge on any atom is -0.395 e. The summed E-state index contributed by atoms with van der Waals surface area (Å²) in [4.78, 5) is 29.9. The molecule has 1 saturated heterocycles. The third-order valence-electron chi connectivity index (χ3n) is 4.20. The number of aliphatic imine (C=N–C) groups is 1. The lowest BCUT2D eigenvalue weighted by molar-refractivity contribution is -0.135. The predicted octanol–water partition coefficient (Wildman–Crippen LogP) is 1.94. The predicted molar refractivity (Wildman–Crippen MR) is 91.3 cm³/mol. The summed E-state index contributed by atoms with van der Waals surface area (Å²) in [7, 11) is 2.65. The number of para-hydroxylation sites is 1. The third-order valence-corrected chi connectivity index (χ3v) is 4.20. The fourth-order valence-electron chi connectivity index (χ4n) is 2.81. The summed E-state index contributed by atoms with van der Waals surface area (Å²) in [5.74, 6) is -4.45. The Morgan fingerprint density at radius 2 is 2.00 bits per heavy atom. The Morgan fingerprint density at radius 3 is 2.56 bits per heavy atom. The monoisotopic (exact) mass is 386 g/mol. The second-order valence-corrected chi connectivity index (χ2v) is 6.02. The zero-order chi connectivity index (χ0) is 20.4. The smallest absolute Gasteiger partial charge is 0.395 e. The van der Waals surface area contributed by atoms with Crippen molar-refractivity contribution in [3.8, 4) is 0 Å². The molecule has 10 heteroatoms. The topological polar surface area (TPSA) is 87.8 Å². The van der Waals surface area contributed by atoms with E-state index in [1.165, 1.54) is 37.2 Å². The fourth-order valence-corrected chi connectivity index (χ4v) is 2.81. The highest BCUT2D eigenvalue weighted by molar-refractivity contribution is 6.13. The largest absolute Gasteiger partial charge is 0.430 e. The molecule has 146 valence electrons. The zero-order valence-electron chi connectivity index (χ0n) is 14.5. The average molecular weight is 386 g/mol. The molecule has 2 atom stereocenters. The van der Waals surface area contributed by atoms with Crippen LogP contribution >= 0.6 is 0 Å². The van der Waals surface area contributed by atoms with Crippen LogP contribution in [0.5, 0.6) is 0 Å². The van der Waals surface area contributed by atoms with Gasteiger partial charge in [-0.1, -0.05) is 12.1 Å². The molecule has 1 aromatic rings. The first-order valence-electron chi connectivity index (χ1n) is 7.87. The van der Waals surface area contributed by atoms with Gasteiger partial charge in [0.2, 0.25) is 11.8 Å². The minimum absolute atomic E-state index is 0.0253. The molecule has 1 heterocycles. The van der Waals surface area contributed by atoms with Gasteiger partial charge in [-0.05, 0) is 18.2 Å². The molecule has 0 unspecified atom stereocenters. The van der Waals surface area contributed by atoms with Crippen LogP contribution in [0.25, 0.3) is 0 Å². The van der Waals surface area contributed by atoms with Gasteiger partial charge < -0.3 is 16.0 Å². The minimum atomic E-state index is -4.77. The van der Waals surface area contributed by atoms with E-state index < -0.39 is 41.3 Å². The Hall–Kier alpha value is -2.91. The zero-order valence-corrected chi connectivity index (χ0v) is 14.5. The van der Waals surface area contributed by atoms with Crippen LogP contribution in [0.1, 0.15) is 0 Å². The maximum atomic E-state index is 13.8. The normalized spacial score (nSPS) is 21.6. The molecule has 2 rings (SSSR count). The Balaban J connectivity index is 2.33. The first-order valence-corrected chi connectivity index (χ1v) is 7.87. The SMILES string of the molecule is CN=C(/C=C(\N)C(F)(F)F)[C@H]1CN(C)C(=O)[C@@H]1C(=O)Nc1ccccc1F. The average Bonchev–Trinajstić information content (AvgIpc) is 2.88. The number of nitrogens with zero attached hydrogens (tertiary/aromatic N) is 2. The van der Waals surface area contributed by atoms with Gasteiger partial charge in [-0.3, -0.25) is 14.6 Å². The van der Waals surface area contributed by atoms with E-state index in [0.29, 0.717) is 6.08 Å². The van der Waals surface area contributed by atoms with E-state index in [2.05, 4.69) is 10.3 Å². The van der Waals surface area contributed by atoms with Crippen LogP contribution < -0.4 is 11.1 Å². The quantitative estimate of drug-likeness (QED) is 0.471. The summed E-state index contributed by atoms with van der Waals surface area (Å²) in [6.07, 6.45) is -4.16. The van der Waals surface area contributed by atoms with Crippen LogP contribution in [-0.4, -0.2) is 49.2 Å². The Bertz CT molecular complexity index is 804. The molecule has 1 aromatic carbocycles. The molecule has 0 aliphatic carbocycles. The van der Waals surface area contributed by atoms with Crippen molar-refractivity contribution in [3.63, 3.8) is 0 Å². The van der Waals surface area contributed by atoms with Gasteiger partial charge in [0, 0.05) is 32.3 Å². The number of likely N-dealkylation sites (tertiary alicyclic amines) is 1. The van der Waals surface area contributed by atoms with Crippen molar-refractivity contribution in [1.82, 2.24) is 4.90 Å². The van der Waals surface area contributed by atoms with Crippen LogP contribution in [-0.2, 0) is 9.59 Å². The summed E-state index contributed by atoms with van der Waals surface area (Å²) in [5.41, 5.74) is 3.37. The third kappa shape index (κ3) is 4.44. The highest BCUT2D eigenvalue weighted by Gasteiger charge is 2.46. The molecule has 1 fully saturated rings. The van der Waals surface area contributed by atoms with Gasteiger partial charge >= 0.3 is 6.18 Å². The van der Waals surface area contributed by atoms with Crippen molar-refractivity contribution in [2.75, 3.05) is 26.0 Å². The Labute approximate surface area is 152 Å². The van der Waals surface area contributed by atoms with E-state index in [9.17, 15) is 27.2 Å². The number of hydrogen-bond donors (Lipinski definition) is 2. The second kappa shape index (κ2) is 7.77. The molecule has 0 aromatic heterocycles. The number of benzene rings is 1. The Morgan fingerprint density at radius 1 is 1.37 bits per heavy atom. The standard InChI is InChI=1S/C17H18F4N4O2/c1-23-12(7-13(22)17(19,20)21)9-8-25(2)16(27)14(9)15(26)24-11-6-4-3-5-10(11)18/h3-7,9,14H,8,22H2,1-2H3,(H,24,26)/b13-7-,23-12?/t9-,14+/m1/s1. The number of carbonyl (C=O) groups excluding carboxylic acids is 2. The fraction of sp³-hybridized carbons (Fsp3) is 0.353. The first kappa shape index (κ1) is 20.4. The number of hydrogen-bond acceptors (Lipinski definition) is 4. The maximum Gasteiger partial charge on any atom is 0.430 e. The number of rotatable bonds is 4. The second-order valence-electron chi connectivity index (χ2n) is 6.02. The van der Waals surface area contributed by atoms with Crippen molar-refractivity contribution in [3.05, 3.63) is 41.9 Å². The van der Waals surface area contributed by atoms with Crippen LogP contribution in [0.3, 0.4) is 0 Å². The lowest BCUT2D eigenvalue weighted by Crippen LogP contribution is -2.36. The van der Waals surface area contributed by atoms with Gasteiger partial charge in [-0.15, -0.1) is 0 Å². The molecule has 0 bridgehead atoms. The van der Waals surface area contributed by atoms with Crippen LogP contribution in [0, 0.1) is 17.7 Å². The molecular weight excluding hydrogens is 368 g/mol. The summed E-state index contributed by atoms with van der Waals surface area (Å²) in [5, 5.41) is 2.31. The maximum absolute atomic E-state index is 13.8. The molecule has 0 radical (unpaired) electrons. The summed E-state index contributed by atoms with van der Waals surface area (Å²) >= 11 is 0. The molecule has 1 aliphatic heterocycles. The van der Waals surface area contributed by atoms with E-state index in [1.54, 1.807) is 0 Å². The van der Waals surface area contributed by atoms with Gasteiger partial charge in [-0.25, -0.2) is 4.39 Å². The van der Waals surface area contributed by atoms with Crippen LogP contribution in [0.4, 0.5) is 23.2 Å². The van der Waals surface area contributed by atoms with E-state index in [-0.39, 0.29) is 17.9 Å². The Kier molecular flexibility index (Phi) is 5.87. The van der Waals surface area contributed by atoms with E-state index >= 15 is 0 Å². The van der Waals surface area contributed by atoms with Crippen LogP contribution in [0.15, 0.2) is 41.0 Å². The van der Waals surface area contributed by atoms with Crippen molar-refractivity contribution in [1.29, 1.82) is 0 Å². The molecular formula is C17H18F4N4O2. The lowest BCUT2D eigenvalue weighted by Gasteiger charge is -2.18. The highest BCUT2D eigenvalue weighted by Crippen LogP contribution is 2.29. The molecule has 6 nitrogen and oxygen atoms in total. The summed E-state index contributed by atoms with van der Waals surface area (Å²) in [6.45, 7) is -0.0253. The van der Waals surface area contributed by atoms with Crippen molar-refractivity contribution in [2.24, 2.45) is 22.6 Å². The van der Waals surface area contributed by atoms with Crippen molar-refractivity contribution >= 4 is 23.2 Å². The van der Waals surface area contributed by atoms with Gasteiger partial charge in [0.1, 0.15) is 17.4 Å². The molecule has 0 saturated carbocycles. The molecule has 2 amide bonds.